The Balaban J connectivity index is 2.20. The average molecular weight is 311 g/mol. The maximum atomic E-state index is 12.3. The Hall–Kier alpha value is -2.00. The van der Waals surface area contributed by atoms with E-state index in [2.05, 4.69) is 4.98 Å². The first-order chi connectivity index (χ1) is 9.78. The van der Waals surface area contributed by atoms with E-state index in [1.807, 2.05) is 0 Å². The average Bonchev–Trinajstić information content (AvgIpc) is 2.77. The van der Waals surface area contributed by atoms with E-state index in [0.717, 1.165) is 6.26 Å². The van der Waals surface area contributed by atoms with Gasteiger partial charge in [-0.2, -0.15) is 8.42 Å². The molecule has 0 radical (unpaired) electrons. The molecule has 0 saturated heterocycles. The summed E-state index contributed by atoms with van der Waals surface area (Å²) in [6.07, 6.45) is 2.13. The van der Waals surface area contributed by atoms with E-state index in [-0.39, 0.29) is 24.3 Å². The van der Waals surface area contributed by atoms with E-state index in [4.69, 9.17) is 4.18 Å². The maximum absolute atomic E-state index is 12.3. The molecule has 0 unspecified atom stereocenters. The Kier molecular flexibility index (Phi) is 2.99. The van der Waals surface area contributed by atoms with Gasteiger partial charge in [-0.15, -0.1) is 0 Å². The summed E-state index contributed by atoms with van der Waals surface area (Å²) in [4.78, 5) is 28.2. The second-order valence-electron chi connectivity index (χ2n) is 5.06. The van der Waals surface area contributed by atoms with Crippen molar-refractivity contribution in [2.75, 3.05) is 12.9 Å². The van der Waals surface area contributed by atoms with Crippen LogP contribution in [0.1, 0.15) is 11.6 Å². The molecular formula is C12H13N3O5S. The predicted molar refractivity (Wildman–Crippen MR) is 74.8 cm³/mol. The highest BCUT2D eigenvalue weighted by molar-refractivity contribution is 7.85. The highest BCUT2D eigenvalue weighted by atomic mass is 32.2. The van der Waals surface area contributed by atoms with Crippen LogP contribution in [0.15, 0.2) is 21.9 Å². The molecule has 0 spiro atoms. The number of hydrogen-bond acceptors (Lipinski definition) is 6. The van der Waals surface area contributed by atoms with Crippen molar-refractivity contribution in [1.29, 1.82) is 0 Å². The van der Waals surface area contributed by atoms with Crippen LogP contribution in [-0.4, -0.2) is 35.4 Å². The van der Waals surface area contributed by atoms with Gasteiger partial charge < -0.3 is 0 Å². The number of aromatic nitrogens is 3. The molecule has 1 aliphatic heterocycles. The Morgan fingerprint density at radius 3 is 2.81 bits per heavy atom. The highest BCUT2D eigenvalue weighted by Crippen LogP contribution is 2.23. The zero-order valence-corrected chi connectivity index (χ0v) is 12.3. The van der Waals surface area contributed by atoms with Crippen LogP contribution in [0.2, 0.25) is 0 Å². The topological polar surface area (TPSA) is 100 Å². The van der Waals surface area contributed by atoms with Crippen LogP contribution in [-0.2, 0) is 20.8 Å². The van der Waals surface area contributed by atoms with E-state index >= 15 is 0 Å². The molecule has 2 aromatic heterocycles. The molecule has 0 amide bonds. The lowest BCUT2D eigenvalue weighted by Gasteiger charge is -2.13. The van der Waals surface area contributed by atoms with E-state index in [9.17, 15) is 18.0 Å². The minimum absolute atomic E-state index is 0.187. The highest BCUT2D eigenvalue weighted by Gasteiger charge is 2.28. The van der Waals surface area contributed by atoms with Crippen molar-refractivity contribution in [1.82, 2.24) is 14.1 Å². The van der Waals surface area contributed by atoms with Crippen LogP contribution in [0, 0.1) is 6.92 Å². The maximum Gasteiger partial charge on any atom is 0.270 e. The molecule has 3 rings (SSSR count). The van der Waals surface area contributed by atoms with Crippen molar-refractivity contribution in [2.24, 2.45) is 0 Å². The third kappa shape index (κ3) is 2.28. The lowest BCUT2D eigenvalue weighted by molar-refractivity contribution is 0.253. The summed E-state index contributed by atoms with van der Waals surface area (Å²) < 4.78 is 29.9. The van der Waals surface area contributed by atoms with Crippen LogP contribution in [0.5, 0.6) is 0 Å². The number of aryl methyl sites for hydroxylation is 1. The molecule has 0 bridgehead atoms. The summed E-state index contributed by atoms with van der Waals surface area (Å²) in [5, 5.41) is 0. The summed E-state index contributed by atoms with van der Waals surface area (Å²) in [7, 11) is -3.62. The standard InChI is InChI=1S/C12H13N3O5S/c1-7-3-9-11-14(10(16)4-13-9)5-8(15(11)12(7)17)6-20-21(2,18)19/h3-4,8H,5-6H2,1-2H3/t8-/m0/s1. The molecule has 9 heteroatoms. The van der Waals surface area contributed by atoms with Crippen molar-refractivity contribution in [3.8, 4) is 0 Å². The third-order valence-electron chi connectivity index (χ3n) is 3.44. The smallest absolute Gasteiger partial charge is 0.270 e. The van der Waals surface area contributed by atoms with Crippen LogP contribution >= 0.6 is 0 Å². The van der Waals surface area contributed by atoms with Crippen molar-refractivity contribution in [2.45, 2.75) is 19.5 Å². The first kappa shape index (κ1) is 14.0. The summed E-state index contributed by atoms with van der Waals surface area (Å²) in [5.41, 5.74) is 0.796. The summed E-state index contributed by atoms with van der Waals surface area (Å²) in [6, 6.07) is 1.07. The molecule has 0 fully saturated rings. The predicted octanol–water partition coefficient (Wildman–Crippen LogP) is -0.602. The van der Waals surface area contributed by atoms with Crippen LogP contribution in [0.3, 0.4) is 0 Å². The van der Waals surface area contributed by atoms with Gasteiger partial charge in [-0.25, -0.2) is 4.98 Å². The van der Waals surface area contributed by atoms with E-state index in [1.54, 1.807) is 13.0 Å². The van der Waals surface area contributed by atoms with Gasteiger partial charge in [0.15, 0.2) is 0 Å². The Labute approximate surface area is 119 Å². The van der Waals surface area contributed by atoms with Gasteiger partial charge in [0.2, 0.25) is 0 Å². The lowest BCUT2D eigenvalue weighted by atomic mass is 10.2. The van der Waals surface area contributed by atoms with Crippen molar-refractivity contribution in [3.63, 3.8) is 0 Å². The largest absolute Gasteiger partial charge is 0.289 e. The summed E-state index contributed by atoms with van der Waals surface area (Å²) in [5.74, 6) is 0. The number of hydrogen-bond donors (Lipinski definition) is 0. The first-order valence-electron chi connectivity index (χ1n) is 6.24. The number of rotatable bonds is 3. The van der Waals surface area contributed by atoms with Crippen molar-refractivity contribution in [3.05, 3.63) is 38.5 Å². The monoisotopic (exact) mass is 311 g/mol. The fraction of sp³-hybridized carbons (Fsp3) is 0.417. The second kappa shape index (κ2) is 4.50. The molecule has 0 N–H and O–H groups in total. The first-order valence-corrected chi connectivity index (χ1v) is 8.05. The summed E-state index contributed by atoms with van der Waals surface area (Å²) in [6.45, 7) is 1.64. The van der Waals surface area contributed by atoms with Gasteiger partial charge in [0.1, 0.15) is 11.2 Å². The van der Waals surface area contributed by atoms with Gasteiger partial charge in [0, 0.05) is 5.56 Å². The minimum Gasteiger partial charge on any atom is -0.289 e. The quantitative estimate of drug-likeness (QED) is 0.702. The zero-order valence-electron chi connectivity index (χ0n) is 11.4. The van der Waals surface area contributed by atoms with Gasteiger partial charge >= 0.3 is 0 Å². The SMILES string of the molecule is Cc1cc2ncc(=O)n3c2n(c1=O)[C@H](COS(C)(=O)=O)C3. The van der Waals surface area contributed by atoms with Crippen LogP contribution in [0.4, 0.5) is 0 Å². The number of nitrogens with zero attached hydrogens (tertiary/aromatic N) is 3. The van der Waals surface area contributed by atoms with Crippen molar-refractivity contribution >= 4 is 21.3 Å². The zero-order chi connectivity index (χ0) is 15.4. The molecule has 2 aromatic rings. The normalized spacial score (nSPS) is 17.5. The fourth-order valence-electron chi connectivity index (χ4n) is 2.54. The lowest BCUT2D eigenvalue weighted by Crippen LogP contribution is -2.27. The molecule has 21 heavy (non-hydrogen) atoms. The van der Waals surface area contributed by atoms with Gasteiger partial charge in [0.25, 0.3) is 21.2 Å². The van der Waals surface area contributed by atoms with E-state index < -0.39 is 16.2 Å². The summed E-state index contributed by atoms with van der Waals surface area (Å²) >= 11 is 0. The Morgan fingerprint density at radius 2 is 2.14 bits per heavy atom. The molecule has 3 heterocycles. The van der Waals surface area contributed by atoms with Crippen molar-refractivity contribution < 1.29 is 12.6 Å². The molecule has 0 saturated carbocycles. The van der Waals surface area contributed by atoms with E-state index in [1.165, 1.54) is 15.3 Å². The third-order valence-corrected chi connectivity index (χ3v) is 4.00. The molecule has 8 nitrogen and oxygen atoms in total. The van der Waals surface area contributed by atoms with Crippen LogP contribution in [0.25, 0.3) is 11.2 Å². The second-order valence-corrected chi connectivity index (χ2v) is 6.70. The molecule has 112 valence electrons. The number of pyridine rings is 1. The minimum atomic E-state index is -3.62. The van der Waals surface area contributed by atoms with Crippen LogP contribution < -0.4 is 11.1 Å². The Bertz CT molecular complexity index is 957. The van der Waals surface area contributed by atoms with Gasteiger partial charge in [0.05, 0.1) is 31.6 Å². The van der Waals surface area contributed by atoms with Gasteiger partial charge in [-0.1, -0.05) is 0 Å². The molecule has 0 aromatic carbocycles. The fourth-order valence-corrected chi connectivity index (χ4v) is 2.94. The molecule has 0 aliphatic carbocycles. The van der Waals surface area contributed by atoms with Gasteiger partial charge in [-0.05, 0) is 13.0 Å². The molecular weight excluding hydrogens is 298 g/mol. The van der Waals surface area contributed by atoms with E-state index in [0.29, 0.717) is 16.7 Å². The molecule has 1 atom stereocenters. The van der Waals surface area contributed by atoms with Gasteiger partial charge in [-0.3, -0.25) is 22.9 Å². The molecule has 1 aliphatic rings. The Morgan fingerprint density at radius 1 is 1.43 bits per heavy atom.